The summed E-state index contributed by atoms with van der Waals surface area (Å²) in [5.41, 5.74) is 6.67. The lowest BCUT2D eigenvalue weighted by atomic mass is 10.2. The molecule has 0 saturated heterocycles. The summed E-state index contributed by atoms with van der Waals surface area (Å²) >= 11 is 3.41. The maximum Gasteiger partial charge on any atom is 0.123 e. The summed E-state index contributed by atoms with van der Waals surface area (Å²) in [6, 6.07) is 5.92. The SMILES string of the molecule is CC(C)COc1ccc(Br)cc1CN. The molecule has 1 rings (SSSR count). The third kappa shape index (κ3) is 3.31. The van der Waals surface area contributed by atoms with E-state index >= 15 is 0 Å². The maximum absolute atomic E-state index is 5.64. The standard InChI is InChI=1S/C11H16BrNO/c1-8(2)7-14-11-4-3-10(12)5-9(11)6-13/h3-5,8H,6-7,13H2,1-2H3. The Bertz CT molecular complexity index is 299. The first kappa shape index (κ1) is 11.5. The van der Waals surface area contributed by atoms with E-state index < -0.39 is 0 Å². The van der Waals surface area contributed by atoms with Crippen LogP contribution in [0.15, 0.2) is 22.7 Å². The number of nitrogens with two attached hydrogens (primary N) is 1. The second kappa shape index (κ2) is 5.37. The van der Waals surface area contributed by atoms with E-state index in [1.807, 2.05) is 18.2 Å². The lowest BCUT2D eigenvalue weighted by Gasteiger charge is -2.12. The van der Waals surface area contributed by atoms with Gasteiger partial charge in [0.2, 0.25) is 0 Å². The number of hydrogen-bond acceptors (Lipinski definition) is 2. The lowest BCUT2D eigenvalue weighted by molar-refractivity contribution is 0.268. The molecule has 0 radical (unpaired) electrons. The second-order valence-electron chi connectivity index (χ2n) is 3.66. The quantitative estimate of drug-likeness (QED) is 0.901. The smallest absolute Gasteiger partial charge is 0.123 e. The molecule has 0 aliphatic heterocycles. The van der Waals surface area contributed by atoms with Crippen LogP contribution in [-0.2, 0) is 6.54 Å². The molecule has 0 heterocycles. The van der Waals surface area contributed by atoms with E-state index in [1.165, 1.54) is 0 Å². The van der Waals surface area contributed by atoms with E-state index in [0.717, 1.165) is 22.4 Å². The third-order valence-electron chi connectivity index (χ3n) is 1.81. The second-order valence-corrected chi connectivity index (χ2v) is 4.58. The number of ether oxygens (including phenoxy) is 1. The average Bonchev–Trinajstić information content (AvgIpc) is 2.15. The highest BCUT2D eigenvalue weighted by molar-refractivity contribution is 9.10. The van der Waals surface area contributed by atoms with Crippen LogP contribution in [-0.4, -0.2) is 6.61 Å². The Labute approximate surface area is 93.6 Å². The van der Waals surface area contributed by atoms with Gasteiger partial charge in [-0.15, -0.1) is 0 Å². The van der Waals surface area contributed by atoms with Crippen molar-refractivity contribution in [2.45, 2.75) is 20.4 Å². The summed E-state index contributed by atoms with van der Waals surface area (Å²) < 4.78 is 6.68. The van der Waals surface area contributed by atoms with Crippen LogP contribution in [0.5, 0.6) is 5.75 Å². The Hall–Kier alpha value is -0.540. The molecule has 0 unspecified atom stereocenters. The van der Waals surface area contributed by atoms with E-state index in [2.05, 4.69) is 29.8 Å². The first-order valence-corrected chi connectivity index (χ1v) is 5.54. The minimum absolute atomic E-state index is 0.507. The fourth-order valence-corrected chi connectivity index (χ4v) is 1.51. The minimum Gasteiger partial charge on any atom is -0.493 e. The van der Waals surface area contributed by atoms with Gasteiger partial charge < -0.3 is 10.5 Å². The minimum atomic E-state index is 0.507. The third-order valence-corrected chi connectivity index (χ3v) is 2.31. The van der Waals surface area contributed by atoms with Gasteiger partial charge in [-0.1, -0.05) is 29.8 Å². The molecule has 0 bridgehead atoms. The summed E-state index contributed by atoms with van der Waals surface area (Å²) in [6.07, 6.45) is 0. The van der Waals surface area contributed by atoms with Gasteiger partial charge in [0, 0.05) is 16.6 Å². The maximum atomic E-state index is 5.64. The fraction of sp³-hybridized carbons (Fsp3) is 0.455. The van der Waals surface area contributed by atoms with Crippen LogP contribution in [0.3, 0.4) is 0 Å². The molecule has 1 aromatic carbocycles. The summed E-state index contributed by atoms with van der Waals surface area (Å²) in [6.45, 7) is 5.49. The summed E-state index contributed by atoms with van der Waals surface area (Å²) in [5.74, 6) is 1.42. The van der Waals surface area contributed by atoms with Crippen LogP contribution in [0.4, 0.5) is 0 Å². The molecule has 0 fully saturated rings. The van der Waals surface area contributed by atoms with Crippen molar-refractivity contribution in [3.8, 4) is 5.75 Å². The van der Waals surface area contributed by atoms with Gasteiger partial charge in [0.1, 0.15) is 5.75 Å². The van der Waals surface area contributed by atoms with E-state index in [9.17, 15) is 0 Å². The van der Waals surface area contributed by atoms with Gasteiger partial charge in [-0.2, -0.15) is 0 Å². The van der Waals surface area contributed by atoms with Gasteiger partial charge >= 0.3 is 0 Å². The van der Waals surface area contributed by atoms with Crippen molar-refractivity contribution < 1.29 is 4.74 Å². The molecule has 3 heteroatoms. The van der Waals surface area contributed by atoms with Crippen molar-refractivity contribution in [3.05, 3.63) is 28.2 Å². The number of rotatable bonds is 4. The molecule has 0 amide bonds. The van der Waals surface area contributed by atoms with Gasteiger partial charge in [-0.3, -0.25) is 0 Å². The molecule has 0 aliphatic rings. The molecule has 2 N–H and O–H groups in total. The van der Waals surface area contributed by atoms with Gasteiger partial charge in [0.25, 0.3) is 0 Å². The van der Waals surface area contributed by atoms with Crippen LogP contribution in [0.1, 0.15) is 19.4 Å². The Morgan fingerprint density at radius 2 is 2.14 bits per heavy atom. The first-order valence-electron chi connectivity index (χ1n) is 4.74. The summed E-state index contributed by atoms with van der Waals surface area (Å²) in [5, 5.41) is 0. The molecule has 0 saturated carbocycles. The van der Waals surface area contributed by atoms with Gasteiger partial charge in [0.05, 0.1) is 6.61 Å². The van der Waals surface area contributed by atoms with Crippen LogP contribution in [0.25, 0.3) is 0 Å². The van der Waals surface area contributed by atoms with Crippen molar-refractivity contribution in [1.29, 1.82) is 0 Å². The van der Waals surface area contributed by atoms with E-state index in [4.69, 9.17) is 10.5 Å². The molecule has 78 valence electrons. The van der Waals surface area contributed by atoms with Crippen molar-refractivity contribution in [2.75, 3.05) is 6.61 Å². The van der Waals surface area contributed by atoms with Crippen molar-refractivity contribution in [1.82, 2.24) is 0 Å². The van der Waals surface area contributed by atoms with Gasteiger partial charge in [-0.25, -0.2) is 0 Å². The number of halogens is 1. The van der Waals surface area contributed by atoms with Crippen LogP contribution in [0.2, 0.25) is 0 Å². The zero-order chi connectivity index (χ0) is 10.6. The molecular weight excluding hydrogens is 242 g/mol. The highest BCUT2D eigenvalue weighted by atomic mass is 79.9. The first-order chi connectivity index (χ1) is 6.63. The zero-order valence-corrected chi connectivity index (χ0v) is 10.2. The molecule has 0 atom stereocenters. The summed E-state index contributed by atoms with van der Waals surface area (Å²) in [7, 11) is 0. The monoisotopic (exact) mass is 257 g/mol. The molecule has 1 aromatic rings. The van der Waals surface area contributed by atoms with Crippen LogP contribution < -0.4 is 10.5 Å². The molecular formula is C11H16BrNO. The molecule has 0 aliphatic carbocycles. The van der Waals surface area contributed by atoms with E-state index in [-0.39, 0.29) is 0 Å². The topological polar surface area (TPSA) is 35.2 Å². The number of benzene rings is 1. The largest absolute Gasteiger partial charge is 0.493 e. The Morgan fingerprint density at radius 1 is 1.43 bits per heavy atom. The van der Waals surface area contributed by atoms with Crippen LogP contribution in [0, 0.1) is 5.92 Å². The van der Waals surface area contributed by atoms with Crippen molar-refractivity contribution >= 4 is 15.9 Å². The molecule has 0 spiro atoms. The van der Waals surface area contributed by atoms with E-state index in [1.54, 1.807) is 0 Å². The Kier molecular flexibility index (Phi) is 4.42. The molecule has 2 nitrogen and oxygen atoms in total. The predicted octanol–water partition coefficient (Wildman–Crippen LogP) is 2.94. The van der Waals surface area contributed by atoms with Crippen molar-refractivity contribution in [2.24, 2.45) is 11.7 Å². The average molecular weight is 258 g/mol. The Morgan fingerprint density at radius 3 is 2.71 bits per heavy atom. The predicted molar refractivity (Wildman–Crippen MR) is 62.4 cm³/mol. The van der Waals surface area contributed by atoms with E-state index in [0.29, 0.717) is 12.5 Å². The van der Waals surface area contributed by atoms with Gasteiger partial charge in [-0.05, 0) is 24.1 Å². The number of hydrogen-bond donors (Lipinski definition) is 1. The normalized spacial score (nSPS) is 10.6. The van der Waals surface area contributed by atoms with Crippen LogP contribution >= 0.6 is 15.9 Å². The zero-order valence-electron chi connectivity index (χ0n) is 8.59. The Balaban J connectivity index is 2.75. The molecule has 14 heavy (non-hydrogen) atoms. The lowest BCUT2D eigenvalue weighted by Crippen LogP contribution is -2.07. The van der Waals surface area contributed by atoms with Gasteiger partial charge in [0.15, 0.2) is 0 Å². The van der Waals surface area contributed by atoms with Crippen molar-refractivity contribution in [3.63, 3.8) is 0 Å². The highest BCUT2D eigenvalue weighted by Gasteiger charge is 2.03. The summed E-state index contributed by atoms with van der Waals surface area (Å²) in [4.78, 5) is 0. The highest BCUT2D eigenvalue weighted by Crippen LogP contribution is 2.23. The fourth-order valence-electron chi connectivity index (χ4n) is 1.10. The molecule has 0 aromatic heterocycles.